The summed E-state index contributed by atoms with van der Waals surface area (Å²) in [5.41, 5.74) is 3.48. The van der Waals surface area contributed by atoms with Crippen molar-refractivity contribution in [2.45, 2.75) is 10.6 Å². The van der Waals surface area contributed by atoms with Gasteiger partial charge in [-0.1, -0.05) is 88.7 Å². The predicted molar refractivity (Wildman–Crippen MR) is 110 cm³/mol. The lowest BCUT2D eigenvalue weighted by atomic mass is 10.0. The molecule has 1 aliphatic heterocycles. The van der Waals surface area contributed by atoms with Crippen LogP contribution in [0, 0.1) is 0 Å². The molecule has 0 saturated carbocycles. The maximum atomic E-state index is 12.7. The molecule has 0 fully saturated rings. The number of rotatable bonds is 5. The zero-order valence-corrected chi connectivity index (χ0v) is 16.2. The average Bonchev–Trinajstić information content (AvgIpc) is 3.01. The van der Waals surface area contributed by atoms with Gasteiger partial charge in [0, 0.05) is 17.7 Å². The van der Waals surface area contributed by atoms with Crippen LogP contribution in [0.3, 0.4) is 0 Å². The number of para-hydroxylation sites is 1. The summed E-state index contributed by atoms with van der Waals surface area (Å²) in [5, 5.41) is 6.68. The molecular weight excluding hydrogens is 391 g/mol. The maximum absolute atomic E-state index is 12.7. The molecule has 1 aliphatic rings. The highest BCUT2D eigenvalue weighted by atomic mass is 35.5. The summed E-state index contributed by atoms with van der Waals surface area (Å²) in [7, 11) is 1.50. The van der Waals surface area contributed by atoms with E-state index in [1.165, 1.54) is 7.11 Å². The summed E-state index contributed by atoms with van der Waals surface area (Å²) in [6.07, 6.45) is 3.77. The third-order valence-corrected chi connectivity index (χ3v) is 5.81. The number of benzene rings is 2. The third-order valence-electron chi connectivity index (χ3n) is 3.83. The van der Waals surface area contributed by atoms with Gasteiger partial charge in [0.25, 0.3) is 5.91 Å². The van der Waals surface area contributed by atoms with Gasteiger partial charge in [-0.25, -0.2) is 0 Å². The first-order chi connectivity index (χ1) is 12.5. The smallest absolute Gasteiger partial charge is 0.256 e. The highest BCUT2D eigenvalue weighted by molar-refractivity contribution is 8.08. The van der Waals surface area contributed by atoms with Gasteiger partial charge in [0.05, 0.1) is 10.6 Å². The van der Waals surface area contributed by atoms with E-state index < -0.39 is 4.21 Å². The Kier molecular flexibility index (Phi) is 5.91. The van der Waals surface area contributed by atoms with E-state index in [4.69, 9.17) is 23.2 Å². The first-order valence-corrected chi connectivity index (χ1v) is 9.40. The zero-order valence-electron chi connectivity index (χ0n) is 13.9. The molecule has 1 N–H and O–H groups in total. The van der Waals surface area contributed by atoms with Crippen molar-refractivity contribution in [1.29, 1.82) is 0 Å². The van der Waals surface area contributed by atoms with E-state index >= 15 is 0 Å². The number of carbonyl (C=O) groups excluding carboxylic acids is 1. The second-order valence-corrected chi connectivity index (χ2v) is 8.42. The number of thioether (sulfide) groups is 1. The van der Waals surface area contributed by atoms with Gasteiger partial charge in [-0.05, 0) is 17.2 Å². The molecule has 134 valence electrons. The van der Waals surface area contributed by atoms with Crippen LogP contribution in [0.2, 0.25) is 0 Å². The van der Waals surface area contributed by atoms with E-state index in [0.717, 1.165) is 28.5 Å². The maximum Gasteiger partial charge on any atom is 0.256 e. The molecule has 0 aromatic heterocycles. The Bertz CT molecular complexity index is 868. The second kappa shape index (κ2) is 8.16. The summed E-state index contributed by atoms with van der Waals surface area (Å²) in [6.45, 7) is 0. The fraction of sp³-hybridized carbons (Fsp3) is 0.158. The topological polar surface area (TPSA) is 50.7 Å². The lowest BCUT2D eigenvalue weighted by Crippen LogP contribution is -2.32. The van der Waals surface area contributed by atoms with Crippen LogP contribution in [0.4, 0.5) is 5.69 Å². The van der Waals surface area contributed by atoms with Crippen LogP contribution in [0.1, 0.15) is 12.0 Å². The van der Waals surface area contributed by atoms with Gasteiger partial charge < -0.3 is 10.2 Å². The van der Waals surface area contributed by atoms with Crippen molar-refractivity contribution in [2.75, 3.05) is 12.4 Å². The summed E-state index contributed by atoms with van der Waals surface area (Å²) >= 11 is 13.5. The van der Waals surface area contributed by atoms with Gasteiger partial charge in [-0.2, -0.15) is 0 Å². The molecule has 0 saturated heterocycles. The number of halogens is 2. The molecule has 3 rings (SSSR count). The van der Waals surface area contributed by atoms with Crippen molar-refractivity contribution >= 4 is 52.8 Å². The van der Waals surface area contributed by atoms with Gasteiger partial charge in [0.15, 0.2) is 4.21 Å². The quantitative estimate of drug-likeness (QED) is 0.409. The third kappa shape index (κ3) is 4.23. The number of carbonyl (C=O) groups is 1. The van der Waals surface area contributed by atoms with Crippen LogP contribution in [0.15, 0.2) is 64.1 Å². The van der Waals surface area contributed by atoms with Crippen molar-refractivity contribution in [3.8, 4) is 11.1 Å². The summed E-state index contributed by atoms with van der Waals surface area (Å²) in [5.74, 6) is -0.285. The molecule has 0 radical (unpaired) electrons. The molecule has 2 aromatic carbocycles. The number of hydrogen-bond donors (Lipinski definition) is 1. The molecule has 0 spiro atoms. The Morgan fingerprint density at radius 3 is 2.65 bits per heavy atom. The fourth-order valence-electron chi connectivity index (χ4n) is 2.51. The van der Waals surface area contributed by atoms with Crippen LogP contribution >= 0.6 is 35.0 Å². The first kappa shape index (κ1) is 18.8. The Balaban J connectivity index is 1.82. The number of anilines is 1. The van der Waals surface area contributed by atoms with Crippen LogP contribution < -0.4 is 5.32 Å². The highest BCUT2D eigenvalue weighted by Crippen LogP contribution is 2.47. The van der Waals surface area contributed by atoms with Crippen molar-refractivity contribution in [3.63, 3.8) is 0 Å². The van der Waals surface area contributed by atoms with Crippen molar-refractivity contribution < 1.29 is 9.63 Å². The van der Waals surface area contributed by atoms with Gasteiger partial charge >= 0.3 is 0 Å². The van der Waals surface area contributed by atoms with Gasteiger partial charge in [0.2, 0.25) is 0 Å². The molecular formula is C19H16Cl2N2O2S. The van der Waals surface area contributed by atoms with E-state index in [1.54, 1.807) is 12.3 Å². The highest BCUT2D eigenvalue weighted by Gasteiger charge is 2.41. The lowest BCUT2D eigenvalue weighted by molar-refractivity contribution is -0.116. The molecule has 26 heavy (non-hydrogen) atoms. The van der Waals surface area contributed by atoms with E-state index in [1.807, 2.05) is 48.5 Å². The minimum Gasteiger partial charge on any atom is -0.399 e. The number of oxime groups is 1. The Morgan fingerprint density at radius 1 is 1.27 bits per heavy atom. The molecule has 0 bridgehead atoms. The fourth-order valence-corrected chi connectivity index (χ4v) is 4.26. The molecule has 1 heterocycles. The van der Waals surface area contributed by atoms with Gasteiger partial charge in [-0.3, -0.25) is 4.79 Å². The Labute approximate surface area is 166 Å². The second-order valence-electron chi connectivity index (χ2n) is 5.58. The number of allylic oxidation sites excluding steroid dienone is 1. The van der Waals surface area contributed by atoms with E-state index in [2.05, 4.69) is 15.3 Å². The Morgan fingerprint density at radius 2 is 2.00 bits per heavy atom. The predicted octanol–water partition coefficient (Wildman–Crippen LogP) is 5.42. The van der Waals surface area contributed by atoms with Crippen molar-refractivity contribution in [3.05, 3.63) is 64.5 Å². The SMILES string of the molecule is CON=Cc1ccc(-c2ccccc2NC(=O)C2(Cl)CC=C(Cl)S2)cc1. The largest absolute Gasteiger partial charge is 0.399 e. The molecule has 4 nitrogen and oxygen atoms in total. The normalized spacial score (nSPS) is 19.4. The Hall–Kier alpha value is -1.95. The van der Waals surface area contributed by atoms with Crippen LogP contribution in [0.5, 0.6) is 0 Å². The summed E-state index contributed by atoms with van der Waals surface area (Å²) in [6, 6.07) is 15.4. The molecule has 2 aromatic rings. The zero-order chi connectivity index (χ0) is 18.6. The molecule has 7 heteroatoms. The van der Waals surface area contributed by atoms with E-state index in [0.29, 0.717) is 16.5 Å². The van der Waals surface area contributed by atoms with E-state index in [9.17, 15) is 4.79 Å². The number of amides is 1. The number of nitrogens with one attached hydrogen (secondary N) is 1. The molecule has 1 amide bonds. The summed E-state index contributed by atoms with van der Waals surface area (Å²) < 4.78 is -0.568. The van der Waals surface area contributed by atoms with Crippen molar-refractivity contribution in [1.82, 2.24) is 0 Å². The molecule has 1 atom stereocenters. The molecule has 0 aliphatic carbocycles. The van der Waals surface area contributed by atoms with Crippen LogP contribution in [0.25, 0.3) is 11.1 Å². The molecule has 1 unspecified atom stereocenters. The van der Waals surface area contributed by atoms with Gasteiger partial charge in [0.1, 0.15) is 7.11 Å². The van der Waals surface area contributed by atoms with Crippen LogP contribution in [-0.4, -0.2) is 23.4 Å². The number of hydrogen-bond acceptors (Lipinski definition) is 4. The number of nitrogens with zero attached hydrogens (tertiary/aromatic N) is 1. The first-order valence-electron chi connectivity index (χ1n) is 7.83. The number of alkyl halides is 1. The standard InChI is InChI=1S/C19H16Cl2N2O2S/c1-25-22-12-13-6-8-14(9-7-13)15-4-2-3-5-16(15)23-18(24)19(21)11-10-17(20)26-19/h2-10,12H,11H2,1H3,(H,23,24). The minimum absolute atomic E-state index is 0.285. The average molecular weight is 407 g/mol. The van der Waals surface area contributed by atoms with Crippen molar-refractivity contribution in [2.24, 2.45) is 5.16 Å². The summed E-state index contributed by atoms with van der Waals surface area (Å²) in [4.78, 5) is 17.3. The minimum atomic E-state index is -1.11. The van der Waals surface area contributed by atoms with E-state index in [-0.39, 0.29) is 5.91 Å². The lowest BCUT2D eigenvalue weighted by Gasteiger charge is -2.20. The monoisotopic (exact) mass is 406 g/mol. The van der Waals surface area contributed by atoms with Crippen LogP contribution in [-0.2, 0) is 9.63 Å². The van der Waals surface area contributed by atoms with Gasteiger partial charge in [-0.15, -0.1) is 0 Å².